The molecule has 0 radical (unpaired) electrons. The Bertz CT molecular complexity index is 437. The molecule has 2 N–H and O–H groups in total. The molecule has 0 amide bonds. The van der Waals surface area contributed by atoms with Crippen LogP contribution in [0, 0.1) is 12.3 Å². The van der Waals surface area contributed by atoms with Gasteiger partial charge in [-0.1, -0.05) is 28.8 Å². The fourth-order valence-corrected chi connectivity index (χ4v) is 1.63. The van der Waals surface area contributed by atoms with Crippen molar-refractivity contribution in [2.24, 2.45) is 0 Å². The van der Waals surface area contributed by atoms with E-state index in [0.29, 0.717) is 5.69 Å². The predicted molar refractivity (Wildman–Crippen MR) is 67.6 cm³/mol. The molecule has 3 nitrogen and oxygen atoms in total. The third-order valence-corrected chi connectivity index (χ3v) is 2.64. The van der Waals surface area contributed by atoms with Gasteiger partial charge >= 0.3 is 5.97 Å². The summed E-state index contributed by atoms with van der Waals surface area (Å²) < 4.78 is 0.726. The Morgan fingerprint density at radius 3 is 2.88 bits per heavy atom. The molecule has 1 rings (SSSR count). The molecular formula is C12H12BrNO2. The van der Waals surface area contributed by atoms with Crippen molar-refractivity contribution in [3.8, 4) is 12.3 Å². The lowest BCUT2D eigenvalue weighted by Gasteiger charge is -2.14. The number of terminal acetylenes is 1. The van der Waals surface area contributed by atoms with Crippen LogP contribution in [0.25, 0.3) is 0 Å². The van der Waals surface area contributed by atoms with E-state index in [-0.39, 0.29) is 11.6 Å². The molecule has 1 aromatic rings. The molecule has 84 valence electrons. The van der Waals surface area contributed by atoms with Crippen LogP contribution in [0.1, 0.15) is 23.7 Å². The molecule has 0 aliphatic heterocycles. The molecule has 0 spiro atoms. The smallest absolute Gasteiger partial charge is 0.337 e. The Morgan fingerprint density at radius 1 is 1.69 bits per heavy atom. The first-order chi connectivity index (χ1) is 7.58. The monoisotopic (exact) mass is 281 g/mol. The van der Waals surface area contributed by atoms with Crippen LogP contribution in [0.5, 0.6) is 0 Å². The number of hydrogen-bond donors (Lipinski definition) is 2. The van der Waals surface area contributed by atoms with E-state index in [1.54, 1.807) is 18.2 Å². The third-order valence-electron chi connectivity index (χ3n) is 2.15. The van der Waals surface area contributed by atoms with Crippen molar-refractivity contribution in [3.63, 3.8) is 0 Å². The maximum absolute atomic E-state index is 11.0. The molecule has 0 aliphatic rings. The maximum Gasteiger partial charge on any atom is 0.337 e. The van der Waals surface area contributed by atoms with Crippen LogP contribution in [0.15, 0.2) is 22.7 Å². The highest BCUT2D eigenvalue weighted by Crippen LogP contribution is 2.22. The summed E-state index contributed by atoms with van der Waals surface area (Å²) in [6.45, 7) is 1.94. The summed E-state index contributed by atoms with van der Waals surface area (Å²) in [5.41, 5.74) is 0.753. The zero-order chi connectivity index (χ0) is 12.1. The SMILES string of the molecule is C#CC(CC)Nc1ccc(Br)cc1C(=O)O. The Kier molecular flexibility index (Phi) is 4.39. The lowest BCUT2D eigenvalue weighted by atomic mass is 10.1. The van der Waals surface area contributed by atoms with Crippen LogP contribution in [-0.4, -0.2) is 17.1 Å². The minimum Gasteiger partial charge on any atom is -0.478 e. The highest BCUT2D eigenvalue weighted by Gasteiger charge is 2.12. The molecule has 0 bridgehead atoms. The average molecular weight is 282 g/mol. The number of aromatic carboxylic acids is 1. The topological polar surface area (TPSA) is 49.3 Å². The number of nitrogens with one attached hydrogen (secondary N) is 1. The van der Waals surface area contributed by atoms with Crippen LogP contribution >= 0.6 is 15.9 Å². The molecule has 1 aromatic carbocycles. The lowest BCUT2D eigenvalue weighted by molar-refractivity contribution is 0.0698. The zero-order valence-corrected chi connectivity index (χ0v) is 10.4. The molecule has 0 fully saturated rings. The van der Waals surface area contributed by atoms with Crippen molar-refractivity contribution in [2.45, 2.75) is 19.4 Å². The van der Waals surface area contributed by atoms with Crippen molar-refractivity contribution >= 4 is 27.6 Å². The quantitative estimate of drug-likeness (QED) is 0.835. The number of hydrogen-bond acceptors (Lipinski definition) is 2. The third kappa shape index (κ3) is 3.01. The number of halogens is 1. The minimum absolute atomic E-state index is 0.153. The van der Waals surface area contributed by atoms with E-state index >= 15 is 0 Å². The predicted octanol–water partition coefficient (Wildman–Crippen LogP) is 2.97. The summed E-state index contributed by atoms with van der Waals surface area (Å²) >= 11 is 3.23. The maximum atomic E-state index is 11.0. The molecule has 4 heteroatoms. The largest absolute Gasteiger partial charge is 0.478 e. The van der Waals surface area contributed by atoms with Crippen LogP contribution in [0.3, 0.4) is 0 Å². The van der Waals surface area contributed by atoms with Gasteiger partial charge in [-0.25, -0.2) is 4.79 Å². The normalized spacial score (nSPS) is 11.6. The molecule has 16 heavy (non-hydrogen) atoms. The number of rotatable bonds is 4. The van der Waals surface area contributed by atoms with Gasteiger partial charge in [-0.05, 0) is 24.6 Å². The second-order valence-corrected chi connectivity index (χ2v) is 4.18. The van der Waals surface area contributed by atoms with E-state index in [0.717, 1.165) is 10.9 Å². The fraction of sp³-hybridized carbons (Fsp3) is 0.250. The summed E-state index contributed by atoms with van der Waals surface area (Å²) in [6, 6.07) is 4.87. The first-order valence-electron chi connectivity index (χ1n) is 4.84. The fourth-order valence-electron chi connectivity index (χ4n) is 1.27. The number of anilines is 1. The second kappa shape index (κ2) is 5.57. The summed E-state index contributed by atoms with van der Waals surface area (Å²) in [4.78, 5) is 11.0. The first-order valence-corrected chi connectivity index (χ1v) is 5.63. The van der Waals surface area contributed by atoms with Crippen LogP contribution in [-0.2, 0) is 0 Å². The highest BCUT2D eigenvalue weighted by atomic mass is 79.9. The molecule has 1 atom stereocenters. The first kappa shape index (κ1) is 12.6. The number of carboxylic acid groups (broad SMARTS) is 1. The Morgan fingerprint density at radius 2 is 2.38 bits per heavy atom. The van der Waals surface area contributed by atoms with Gasteiger partial charge in [0.25, 0.3) is 0 Å². The van der Waals surface area contributed by atoms with E-state index in [9.17, 15) is 4.79 Å². The van der Waals surface area contributed by atoms with Crippen molar-refractivity contribution < 1.29 is 9.90 Å². The molecular weight excluding hydrogens is 270 g/mol. The molecule has 0 heterocycles. The van der Waals surface area contributed by atoms with Crippen molar-refractivity contribution in [1.82, 2.24) is 0 Å². The van der Waals surface area contributed by atoms with Gasteiger partial charge in [0.2, 0.25) is 0 Å². The van der Waals surface area contributed by atoms with Crippen LogP contribution in [0.4, 0.5) is 5.69 Å². The van der Waals surface area contributed by atoms with Crippen molar-refractivity contribution in [1.29, 1.82) is 0 Å². The summed E-state index contributed by atoms with van der Waals surface area (Å²) in [5.74, 6) is 1.59. The summed E-state index contributed by atoms with van der Waals surface area (Å²) in [5, 5.41) is 12.1. The second-order valence-electron chi connectivity index (χ2n) is 3.27. The van der Waals surface area contributed by atoms with Gasteiger partial charge in [-0.15, -0.1) is 6.42 Å². The van der Waals surface area contributed by atoms with Gasteiger partial charge in [-0.2, -0.15) is 0 Å². The van der Waals surface area contributed by atoms with E-state index in [4.69, 9.17) is 11.5 Å². The number of carboxylic acids is 1. The van der Waals surface area contributed by atoms with Gasteiger partial charge in [-0.3, -0.25) is 0 Å². The van der Waals surface area contributed by atoms with Gasteiger partial charge in [0, 0.05) is 10.2 Å². The molecule has 1 unspecified atom stereocenters. The molecule has 0 saturated heterocycles. The van der Waals surface area contributed by atoms with E-state index in [2.05, 4.69) is 27.2 Å². The number of benzene rings is 1. The van der Waals surface area contributed by atoms with Crippen molar-refractivity contribution in [2.75, 3.05) is 5.32 Å². The van der Waals surface area contributed by atoms with Crippen LogP contribution in [0.2, 0.25) is 0 Å². The van der Waals surface area contributed by atoms with Gasteiger partial charge in [0.05, 0.1) is 11.6 Å². The molecule has 0 aliphatic carbocycles. The average Bonchev–Trinajstić information content (AvgIpc) is 2.27. The van der Waals surface area contributed by atoms with Crippen LogP contribution < -0.4 is 5.32 Å². The Hall–Kier alpha value is -1.47. The zero-order valence-electron chi connectivity index (χ0n) is 8.83. The van der Waals surface area contributed by atoms with E-state index in [1.165, 1.54) is 0 Å². The van der Waals surface area contributed by atoms with E-state index < -0.39 is 5.97 Å². The standard InChI is InChI=1S/C12H12BrNO2/c1-3-9(4-2)14-11-6-5-8(13)7-10(11)12(15)16/h1,5-7,9,14H,4H2,2H3,(H,15,16). The minimum atomic E-state index is -0.976. The van der Waals surface area contributed by atoms with E-state index in [1.807, 2.05) is 6.92 Å². The lowest BCUT2D eigenvalue weighted by Crippen LogP contribution is -2.17. The molecule has 0 aromatic heterocycles. The van der Waals surface area contributed by atoms with Gasteiger partial charge in [0.1, 0.15) is 0 Å². The van der Waals surface area contributed by atoms with Gasteiger partial charge < -0.3 is 10.4 Å². The Balaban J connectivity index is 3.04. The number of carbonyl (C=O) groups is 1. The van der Waals surface area contributed by atoms with Crippen molar-refractivity contribution in [3.05, 3.63) is 28.2 Å². The highest BCUT2D eigenvalue weighted by molar-refractivity contribution is 9.10. The molecule has 0 saturated carbocycles. The summed E-state index contributed by atoms with van der Waals surface area (Å²) in [6.07, 6.45) is 6.06. The van der Waals surface area contributed by atoms with Gasteiger partial charge in [0.15, 0.2) is 0 Å². The Labute approximate surface area is 103 Å². The summed E-state index contributed by atoms with van der Waals surface area (Å²) in [7, 11) is 0.